The molecule has 0 saturated carbocycles. The fourth-order valence-electron chi connectivity index (χ4n) is 1.97. The molecular weight excluding hydrogens is 240 g/mol. The molecule has 0 aliphatic rings. The van der Waals surface area contributed by atoms with Gasteiger partial charge >= 0.3 is 0 Å². The van der Waals surface area contributed by atoms with Gasteiger partial charge < -0.3 is 5.32 Å². The van der Waals surface area contributed by atoms with Gasteiger partial charge in [0.05, 0.1) is 6.20 Å². The second-order valence-corrected chi connectivity index (χ2v) is 4.29. The summed E-state index contributed by atoms with van der Waals surface area (Å²) < 4.78 is 0. The summed E-state index contributed by atoms with van der Waals surface area (Å²) in [6.45, 7) is 1.49. The Labute approximate surface area is 109 Å². The summed E-state index contributed by atoms with van der Waals surface area (Å²) in [5.74, 6) is -0.0828. The van der Waals surface area contributed by atoms with Crippen molar-refractivity contribution in [2.24, 2.45) is 0 Å². The molecule has 5 heteroatoms. The number of nitrogens with zero attached hydrogens (tertiary/aromatic N) is 2. The Kier molecular flexibility index (Phi) is 2.72. The van der Waals surface area contributed by atoms with E-state index in [2.05, 4.69) is 20.5 Å². The molecule has 1 aromatic carbocycles. The van der Waals surface area contributed by atoms with Crippen LogP contribution < -0.4 is 5.32 Å². The number of rotatable bonds is 2. The Morgan fingerprint density at radius 2 is 2.11 bits per heavy atom. The molecule has 2 heterocycles. The van der Waals surface area contributed by atoms with Crippen molar-refractivity contribution in [2.75, 3.05) is 5.32 Å². The number of nitrogens with one attached hydrogen (secondary N) is 2. The molecule has 0 aliphatic carbocycles. The minimum atomic E-state index is -0.0828. The van der Waals surface area contributed by atoms with Gasteiger partial charge in [-0.25, -0.2) is 4.98 Å². The summed E-state index contributed by atoms with van der Waals surface area (Å²) in [4.78, 5) is 15.4. The number of H-pyrrole nitrogens is 1. The summed E-state index contributed by atoms with van der Waals surface area (Å²) in [6, 6.07) is 9.67. The van der Waals surface area contributed by atoms with Gasteiger partial charge in [0.1, 0.15) is 0 Å². The van der Waals surface area contributed by atoms with Crippen molar-refractivity contribution in [3.8, 4) is 11.1 Å². The molecule has 0 radical (unpaired) electrons. The van der Waals surface area contributed by atoms with E-state index in [1.807, 2.05) is 30.3 Å². The van der Waals surface area contributed by atoms with Crippen LogP contribution in [0.25, 0.3) is 22.2 Å². The van der Waals surface area contributed by atoms with Gasteiger partial charge in [-0.3, -0.25) is 9.89 Å². The van der Waals surface area contributed by atoms with E-state index in [1.54, 1.807) is 12.4 Å². The van der Waals surface area contributed by atoms with Crippen molar-refractivity contribution in [1.82, 2.24) is 15.2 Å². The summed E-state index contributed by atoms with van der Waals surface area (Å²) >= 11 is 0. The standard InChI is InChI=1S/C14H12N4O/c1-9(19)17-13-4-2-3-10(6-13)11-5-12-8-16-18-14(12)15-7-11/h2-8H,1H3,(H,17,19)(H,15,16,18). The van der Waals surface area contributed by atoms with Crippen LogP contribution in [0.2, 0.25) is 0 Å². The Morgan fingerprint density at radius 1 is 1.21 bits per heavy atom. The third-order valence-electron chi connectivity index (χ3n) is 2.81. The van der Waals surface area contributed by atoms with Gasteiger partial charge in [0.25, 0.3) is 0 Å². The van der Waals surface area contributed by atoms with Gasteiger partial charge in [0.2, 0.25) is 5.91 Å². The lowest BCUT2D eigenvalue weighted by atomic mass is 10.1. The minimum absolute atomic E-state index is 0.0828. The van der Waals surface area contributed by atoms with Gasteiger partial charge in [0.15, 0.2) is 5.65 Å². The Hall–Kier alpha value is -2.69. The molecule has 3 rings (SSSR count). The summed E-state index contributed by atoms with van der Waals surface area (Å²) in [6.07, 6.45) is 3.52. The first-order chi connectivity index (χ1) is 9.22. The molecule has 3 aromatic rings. The number of aromatic amines is 1. The number of aromatic nitrogens is 3. The zero-order valence-electron chi connectivity index (χ0n) is 10.3. The maximum absolute atomic E-state index is 11.1. The number of benzene rings is 1. The second kappa shape index (κ2) is 4.53. The molecule has 94 valence electrons. The highest BCUT2D eigenvalue weighted by molar-refractivity contribution is 5.90. The smallest absolute Gasteiger partial charge is 0.221 e. The molecule has 1 amide bonds. The maximum Gasteiger partial charge on any atom is 0.221 e. The van der Waals surface area contributed by atoms with Gasteiger partial charge in [-0.15, -0.1) is 0 Å². The fraction of sp³-hybridized carbons (Fsp3) is 0.0714. The third kappa shape index (κ3) is 2.30. The first kappa shape index (κ1) is 11.4. The molecule has 2 aromatic heterocycles. The highest BCUT2D eigenvalue weighted by Crippen LogP contribution is 2.24. The van der Waals surface area contributed by atoms with Crippen LogP contribution in [0.5, 0.6) is 0 Å². The highest BCUT2D eigenvalue weighted by atomic mass is 16.1. The number of fused-ring (bicyclic) bond motifs is 1. The minimum Gasteiger partial charge on any atom is -0.326 e. The molecule has 0 atom stereocenters. The number of hydrogen-bond acceptors (Lipinski definition) is 3. The highest BCUT2D eigenvalue weighted by Gasteiger charge is 2.03. The predicted octanol–water partition coefficient (Wildman–Crippen LogP) is 2.58. The molecular formula is C14H12N4O. The molecule has 0 bridgehead atoms. The molecule has 0 spiro atoms. The van der Waals surface area contributed by atoms with Crippen LogP contribution in [0.4, 0.5) is 5.69 Å². The van der Waals surface area contributed by atoms with E-state index < -0.39 is 0 Å². The Balaban J connectivity index is 2.02. The zero-order valence-corrected chi connectivity index (χ0v) is 10.3. The van der Waals surface area contributed by atoms with Crippen LogP contribution in [0, 0.1) is 0 Å². The normalized spacial score (nSPS) is 10.6. The molecule has 0 fully saturated rings. The van der Waals surface area contributed by atoms with Crippen LogP contribution in [-0.2, 0) is 4.79 Å². The van der Waals surface area contributed by atoms with Crippen LogP contribution in [0.3, 0.4) is 0 Å². The van der Waals surface area contributed by atoms with Crippen molar-refractivity contribution in [1.29, 1.82) is 0 Å². The Bertz CT molecular complexity index is 748. The topological polar surface area (TPSA) is 70.7 Å². The number of anilines is 1. The Morgan fingerprint density at radius 3 is 2.95 bits per heavy atom. The molecule has 5 nitrogen and oxygen atoms in total. The average molecular weight is 252 g/mol. The molecule has 0 unspecified atom stereocenters. The number of hydrogen-bond donors (Lipinski definition) is 2. The van der Waals surface area contributed by atoms with Crippen molar-refractivity contribution >= 4 is 22.6 Å². The zero-order chi connectivity index (χ0) is 13.2. The number of pyridine rings is 1. The van der Waals surface area contributed by atoms with Crippen LogP contribution in [0.1, 0.15) is 6.92 Å². The summed E-state index contributed by atoms with van der Waals surface area (Å²) in [7, 11) is 0. The van der Waals surface area contributed by atoms with E-state index in [9.17, 15) is 4.79 Å². The van der Waals surface area contributed by atoms with E-state index >= 15 is 0 Å². The molecule has 0 saturated heterocycles. The lowest BCUT2D eigenvalue weighted by molar-refractivity contribution is -0.114. The molecule has 19 heavy (non-hydrogen) atoms. The van der Waals surface area contributed by atoms with Gasteiger partial charge in [-0.2, -0.15) is 5.10 Å². The second-order valence-electron chi connectivity index (χ2n) is 4.29. The summed E-state index contributed by atoms with van der Waals surface area (Å²) in [5, 5.41) is 10.5. The van der Waals surface area contributed by atoms with Crippen LogP contribution in [0.15, 0.2) is 42.7 Å². The number of carbonyl (C=O) groups is 1. The first-order valence-electron chi connectivity index (χ1n) is 5.89. The van der Waals surface area contributed by atoms with Crippen molar-refractivity contribution < 1.29 is 4.79 Å². The van der Waals surface area contributed by atoms with E-state index in [0.717, 1.165) is 27.8 Å². The van der Waals surface area contributed by atoms with E-state index in [1.165, 1.54) is 6.92 Å². The summed E-state index contributed by atoms with van der Waals surface area (Å²) in [5.41, 5.74) is 3.53. The molecule has 0 aliphatic heterocycles. The number of amides is 1. The SMILES string of the molecule is CC(=O)Nc1cccc(-c2cnc3[nH]ncc3c2)c1. The lowest BCUT2D eigenvalue weighted by Crippen LogP contribution is -2.05. The maximum atomic E-state index is 11.1. The fourth-order valence-corrected chi connectivity index (χ4v) is 1.97. The van der Waals surface area contributed by atoms with Crippen molar-refractivity contribution in [2.45, 2.75) is 6.92 Å². The third-order valence-corrected chi connectivity index (χ3v) is 2.81. The van der Waals surface area contributed by atoms with Gasteiger partial charge in [-0.1, -0.05) is 12.1 Å². The average Bonchev–Trinajstić information content (AvgIpc) is 2.85. The number of carbonyl (C=O) groups excluding carboxylic acids is 1. The van der Waals surface area contributed by atoms with E-state index in [4.69, 9.17) is 0 Å². The lowest BCUT2D eigenvalue weighted by Gasteiger charge is -2.05. The van der Waals surface area contributed by atoms with E-state index in [0.29, 0.717) is 0 Å². The van der Waals surface area contributed by atoms with Gasteiger partial charge in [-0.05, 0) is 23.8 Å². The van der Waals surface area contributed by atoms with Crippen LogP contribution >= 0.6 is 0 Å². The monoisotopic (exact) mass is 252 g/mol. The van der Waals surface area contributed by atoms with Crippen molar-refractivity contribution in [3.63, 3.8) is 0 Å². The first-order valence-corrected chi connectivity index (χ1v) is 5.89. The largest absolute Gasteiger partial charge is 0.326 e. The van der Waals surface area contributed by atoms with Gasteiger partial charge in [0, 0.05) is 29.8 Å². The molecule has 2 N–H and O–H groups in total. The predicted molar refractivity (Wildman–Crippen MR) is 73.6 cm³/mol. The van der Waals surface area contributed by atoms with Crippen molar-refractivity contribution in [3.05, 3.63) is 42.7 Å². The quantitative estimate of drug-likeness (QED) is 0.736. The van der Waals surface area contributed by atoms with Crippen LogP contribution in [-0.4, -0.2) is 21.1 Å². The van der Waals surface area contributed by atoms with E-state index in [-0.39, 0.29) is 5.91 Å².